The van der Waals surface area contributed by atoms with Gasteiger partial charge in [-0.15, -0.1) is 0 Å². The predicted molar refractivity (Wildman–Crippen MR) is 74.7 cm³/mol. The summed E-state index contributed by atoms with van der Waals surface area (Å²) in [6, 6.07) is -1.42. The third-order valence-electron chi connectivity index (χ3n) is 2.88. The van der Waals surface area contributed by atoms with Crippen LogP contribution in [0.4, 0.5) is 4.79 Å². The van der Waals surface area contributed by atoms with E-state index in [1.165, 1.54) is 4.68 Å². The van der Waals surface area contributed by atoms with E-state index in [4.69, 9.17) is 16.7 Å². The number of halogens is 1. The standard InChI is InChI=1S/C12H19ClN4O3/c1-4-5-9(11(18)19)15-12(20)14-6-8-7(2)16-17(3)10(8)13/h9H,4-6H2,1-3H3,(H,18,19)(H2,14,15,20). The van der Waals surface area contributed by atoms with Crippen LogP contribution in [-0.2, 0) is 18.4 Å². The van der Waals surface area contributed by atoms with Crippen LogP contribution >= 0.6 is 11.6 Å². The van der Waals surface area contributed by atoms with Crippen molar-refractivity contribution in [3.63, 3.8) is 0 Å². The summed E-state index contributed by atoms with van der Waals surface area (Å²) in [4.78, 5) is 22.6. The number of hydrogen-bond acceptors (Lipinski definition) is 3. The molecule has 0 aliphatic heterocycles. The first-order valence-electron chi connectivity index (χ1n) is 6.32. The Hall–Kier alpha value is -1.76. The number of urea groups is 1. The zero-order valence-corrected chi connectivity index (χ0v) is 12.5. The second-order valence-corrected chi connectivity index (χ2v) is 4.84. The Morgan fingerprint density at radius 3 is 2.60 bits per heavy atom. The summed E-state index contributed by atoms with van der Waals surface area (Å²) in [5.74, 6) is -1.04. The molecule has 1 unspecified atom stereocenters. The van der Waals surface area contributed by atoms with Crippen LogP contribution in [0.3, 0.4) is 0 Å². The molecule has 7 nitrogen and oxygen atoms in total. The summed E-state index contributed by atoms with van der Waals surface area (Å²) in [7, 11) is 1.71. The third kappa shape index (κ3) is 4.12. The highest BCUT2D eigenvalue weighted by atomic mass is 35.5. The van der Waals surface area contributed by atoms with Crippen molar-refractivity contribution in [1.82, 2.24) is 20.4 Å². The second-order valence-electron chi connectivity index (χ2n) is 4.48. The number of carboxylic acids is 1. The van der Waals surface area contributed by atoms with Gasteiger partial charge in [-0.1, -0.05) is 24.9 Å². The quantitative estimate of drug-likeness (QED) is 0.740. The molecule has 20 heavy (non-hydrogen) atoms. The van der Waals surface area contributed by atoms with Gasteiger partial charge in [0, 0.05) is 19.2 Å². The molecule has 1 aromatic heterocycles. The Bertz CT molecular complexity index is 501. The molecule has 0 saturated carbocycles. The van der Waals surface area contributed by atoms with E-state index in [9.17, 15) is 9.59 Å². The van der Waals surface area contributed by atoms with E-state index in [1.54, 1.807) is 14.0 Å². The molecule has 1 rings (SSSR count). The second kappa shape index (κ2) is 7.14. The SMILES string of the molecule is CCCC(NC(=O)NCc1c(C)nn(C)c1Cl)C(=O)O. The molecule has 8 heteroatoms. The van der Waals surface area contributed by atoms with E-state index < -0.39 is 18.0 Å². The van der Waals surface area contributed by atoms with E-state index in [-0.39, 0.29) is 6.54 Å². The summed E-state index contributed by atoms with van der Waals surface area (Å²) >= 11 is 6.04. The molecule has 2 amide bonds. The van der Waals surface area contributed by atoms with Crippen molar-refractivity contribution < 1.29 is 14.7 Å². The topological polar surface area (TPSA) is 96.3 Å². The molecule has 0 bridgehead atoms. The predicted octanol–water partition coefficient (Wildman–Crippen LogP) is 1.43. The van der Waals surface area contributed by atoms with Gasteiger partial charge in [0.2, 0.25) is 0 Å². The van der Waals surface area contributed by atoms with Gasteiger partial charge in [-0.05, 0) is 13.3 Å². The van der Waals surface area contributed by atoms with Gasteiger partial charge in [0.15, 0.2) is 0 Å². The molecular formula is C12H19ClN4O3. The Labute approximate surface area is 122 Å². The molecule has 0 spiro atoms. The first-order chi connectivity index (χ1) is 9.36. The Morgan fingerprint density at radius 2 is 2.15 bits per heavy atom. The molecule has 0 saturated heterocycles. The van der Waals surface area contributed by atoms with Crippen LogP contribution in [0, 0.1) is 6.92 Å². The smallest absolute Gasteiger partial charge is 0.326 e. The maximum absolute atomic E-state index is 11.7. The molecule has 0 radical (unpaired) electrons. The minimum atomic E-state index is -1.04. The van der Waals surface area contributed by atoms with Crippen molar-refractivity contribution in [3.8, 4) is 0 Å². The summed E-state index contributed by atoms with van der Waals surface area (Å²) in [5, 5.41) is 18.5. The largest absolute Gasteiger partial charge is 0.480 e. The number of amides is 2. The van der Waals surface area contributed by atoms with E-state index >= 15 is 0 Å². The fourth-order valence-electron chi connectivity index (χ4n) is 1.80. The highest BCUT2D eigenvalue weighted by Gasteiger charge is 2.19. The number of nitrogens with one attached hydrogen (secondary N) is 2. The average Bonchev–Trinajstić information content (AvgIpc) is 2.60. The first-order valence-corrected chi connectivity index (χ1v) is 6.69. The van der Waals surface area contributed by atoms with Crippen LogP contribution in [0.5, 0.6) is 0 Å². The molecule has 3 N–H and O–H groups in total. The normalized spacial score (nSPS) is 12.0. The van der Waals surface area contributed by atoms with Gasteiger partial charge < -0.3 is 15.7 Å². The monoisotopic (exact) mass is 302 g/mol. The first kappa shape index (κ1) is 16.3. The fourth-order valence-corrected chi connectivity index (χ4v) is 2.04. The van der Waals surface area contributed by atoms with E-state index in [2.05, 4.69) is 15.7 Å². The summed E-state index contributed by atoms with van der Waals surface area (Å²) in [6.07, 6.45) is 1.06. The highest BCUT2D eigenvalue weighted by molar-refractivity contribution is 6.30. The zero-order valence-electron chi connectivity index (χ0n) is 11.7. The van der Waals surface area contributed by atoms with Crippen LogP contribution in [0.25, 0.3) is 0 Å². The number of carbonyl (C=O) groups is 2. The molecule has 1 atom stereocenters. The molecule has 1 aromatic rings. The maximum Gasteiger partial charge on any atom is 0.326 e. The van der Waals surface area contributed by atoms with Crippen molar-refractivity contribution >= 4 is 23.6 Å². The Kier molecular flexibility index (Phi) is 5.82. The average molecular weight is 303 g/mol. The fraction of sp³-hybridized carbons (Fsp3) is 0.583. The number of nitrogens with zero attached hydrogens (tertiary/aromatic N) is 2. The summed E-state index contributed by atoms with van der Waals surface area (Å²) in [6.45, 7) is 3.84. The number of carbonyl (C=O) groups excluding carboxylic acids is 1. The molecular weight excluding hydrogens is 284 g/mol. The van der Waals surface area contributed by atoms with Gasteiger partial charge in [-0.2, -0.15) is 5.10 Å². The van der Waals surface area contributed by atoms with Gasteiger partial charge >= 0.3 is 12.0 Å². The Balaban J connectivity index is 2.56. The number of hydrogen-bond donors (Lipinski definition) is 3. The van der Waals surface area contributed by atoms with Crippen molar-refractivity contribution in [3.05, 3.63) is 16.4 Å². The lowest BCUT2D eigenvalue weighted by molar-refractivity contribution is -0.139. The van der Waals surface area contributed by atoms with Crippen molar-refractivity contribution in [2.45, 2.75) is 39.3 Å². The van der Waals surface area contributed by atoms with Crippen LogP contribution < -0.4 is 10.6 Å². The van der Waals surface area contributed by atoms with Gasteiger partial charge in [0.25, 0.3) is 0 Å². The molecule has 0 aliphatic rings. The minimum Gasteiger partial charge on any atom is -0.480 e. The van der Waals surface area contributed by atoms with Crippen molar-refractivity contribution in [1.29, 1.82) is 0 Å². The van der Waals surface area contributed by atoms with Crippen molar-refractivity contribution in [2.24, 2.45) is 7.05 Å². The number of aromatic nitrogens is 2. The van der Waals surface area contributed by atoms with E-state index in [0.29, 0.717) is 23.6 Å². The van der Waals surface area contributed by atoms with Crippen molar-refractivity contribution in [2.75, 3.05) is 0 Å². The molecule has 1 heterocycles. The molecule has 0 aromatic carbocycles. The Morgan fingerprint density at radius 1 is 1.50 bits per heavy atom. The van der Waals surface area contributed by atoms with Gasteiger partial charge in [-0.25, -0.2) is 9.59 Å². The number of aryl methyl sites for hydroxylation is 2. The lowest BCUT2D eigenvalue weighted by Crippen LogP contribution is -2.45. The number of aliphatic carboxylic acids is 1. The van der Waals surface area contributed by atoms with E-state index in [0.717, 1.165) is 5.69 Å². The maximum atomic E-state index is 11.7. The zero-order chi connectivity index (χ0) is 15.3. The lowest BCUT2D eigenvalue weighted by Gasteiger charge is -2.14. The van der Waals surface area contributed by atoms with Crippen LogP contribution in [0.15, 0.2) is 0 Å². The van der Waals surface area contributed by atoms with E-state index in [1.807, 2.05) is 6.92 Å². The molecule has 0 fully saturated rings. The van der Waals surface area contributed by atoms with Gasteiger partial charge in [0.1, 0.15) is 11.2 Å². The summed E-state index contributed by atoms with van der Waals surface area (Å²) < 4.78 is 1.52. The van der Waals surface area contributed by atoms with Crippen LogP contribution in [0.2, 0.25) is 5.15 Å². The molecule has 0 aliphatic carbocycles. The van der Waals surface area contributed by atoms with Crippen LogP contribution in [-0.4, -0.2) is 32.9 Å². The minimum absolute atomic E-state index is 0.197. The lowest BCUT2D eigenvalue weighted by atomic mass is 10.2. The number of rotatable bonds is 6. The van der Waals surface area contributed by atoms with Gasteiger partial charge in [-0.3, -0.25) is 4.68 Å². The highest BCUT2D eigenvalue weighted by Crippen LogP contribution is 2.17. The third-order valence-corrected chi connectivity index (χ3v) is 3.35. The number of carboxylic acid groups (broad SMARTS) is 1. The van der Waals surface area contributed by atoms with Gasteiger partial charge in [0.05, 0.1) is 5.69 Å². The van der Waals surface area contributed by atoms with Crippen LogP contribution in [0.1, 0.15) is 31.0 Å². The molecule has 112 valence electrons. The summed E-state index contributed by atoms with van der Waals surface area (Å²) in [5.41, 5.74) is 1.44.